The van der Waals surface area contributed by atoms with Gasteiger partial charge in [-0.2, -0.15) is 14.9 Å². The van der Waals surface area contributed by atoms with Gasteiger partial charge >= 0.3 is 0 Å². The highest BCUT2D eigenvalue weighted by atomic mass is 32.1. The first-order valence-electron chi connectivity index (χ1n) is 7.49. The Balaban J connectivity index is 2.07. The maximum Gasteiger partial charge on any atom is 0.216 e. The molecule has 1 aromatic heterocycles. The fraction of sp³-hybridized carbons (Fsp3) is 0.118. The smallest absolute Gasteiger partial charge is 0.216 e. The molecule has 0 amide bonds. The van der Waals surface area contributed by atoms with Gasteiger partial charge in [0, 0.05) is 0 Å². The Labute approximate surface area is 147 Å². The number of nitrogens with zero attached hydrogens (tertiary/aromatic N) is 3. The zero-order chi connectivity index (χ0) is 17.8. The normalized spacial score (nSPS) is 11.2. The quantitative estimate of drug-likeness (QED) is 0.549. The molecule has 0 atom stereocenters. The molecule has 0 aliphatic heterocycles. The summed E-state index contributed by atoms with van der Waals surface area (Å²) in [7, 11) is 0. The highest BCUT2D eigenvalue weighted by molar-refractivity contribution is 7.71. The number of para-hydroxylation sites is 1. The lowest BCUT2D eigenvalue weighted by Crippen LogP contribution is -2.00. The summed E-state index contributed by atoms with van der Waals surface area (Å²) in [5.41, 5.74) is 0.400. The van der Waals surface area contributed by atoms with Gasteiger partial charge in [0.2, 0.25) is 4.77 Å². The second-order valence-corrected chi connectivity index (χ2v) is 5.36. The van der Waals surface area contributed by atoms with Crippen molar-refractivity contribution in [1.29, 1.82) is 0 Å². The van der Waals surface area contributed by atoms with Crippen molar-refractivity contribution >= 4 is 18.4 Å². The van der Waals surface area contributed by atoms with Crippen molar-refractivity contribution in [2.75, 3.05) is 6.61 Å². The van der Waals surface area contributed by atoms with E-state index < -0.39 is 11.6 Å². The fourth-order valence-electron chi connectivity index (χ4n) is 2.26. The molecular weight excluding hydrogens is 346 g/mol. The number of halogens is 2. The van der Waals surface area contributed by atoms with Crippen LogP contribution in [0.3, 0.4) is 0 Å². The van der Waals surface area contributed by atoms with E-state index in [9.17, 15) is 8.78 Å². The van der Waals surface area contributed by atoms with Gasteiger partial charge < -0.3 is 4.74 Å². The molecule has 128 valence electrons. The number of rotatable bonds is 5. The molecule has 25 heavy (non-hydrogen) atoms. The number of benzene rings is 2. The van der Waals surface area contributed by atoms with Gasteiger partial charge in [-0.05, 0) is 43.4 Å². The summed E-state index contributed by atoms with van der Waals surface area (Å²) in [4.78, 5) is 0. The molecule has 3 aromatic rings. The van der Waals surface area contributed by atoms with E-state index in [0.717, 1.165) is 18.3 Å². The highest BCUT2D eigenvalue weighted by Crippen LogP contribution is 2.28. The lowest BCUT2D eigenvalue weighted by molar-refractivity contribution is 0.341. The molecule has 0 aliphatic rings. The molecule has 0 saturated carbocycles. The van der Waals surface area contributed by atoms with Crippen LogP contribution in [0.15, 0.2) is 47.6 Å². The van der Waals surface area contributed by atoms with Crippen LogP contribution in [0.25, 0.3) is 11.4 Å². The molecule has 0 saturated heterocycles. The molecule has 0 unspecified atom stereocenters. The fourth-order valence-corrected chi connectivity index (χ4v) is 2.43. The van der Waals surface area contributed by atoms with E-state index >= 15 is 0 Å². The van der Waals surface area contributed by atoms with Gasteiger partial charge in [0.15, 0.2) is 5.82 Å². The predicted molar refractivity (Wildman–Crippen MR) is 93.4 cm³/mol. The third-order valence-corrected chi connectivity index (χ3v) is 3.64. The maximum atomic E-state index is 13.8. The zero-order valence-electron chi connectivity index (χ0n) is 13.2. The monoisotopic (exact) mass is 360 g/mol. The first-order chi connectivity index (χ1) is 12.1. The van der Waals surface area contributed by atoms with E-state index in [2.05, 4.69) is 15.3 Å². The van der Waals surface area contributed by atoms with E-state index in [1.54, 1.807) is 12.1 Å². The second-order valence-electron chi connectivity index (χ2n) is 4.97. The third kappa shape index (κ3) is 3.48. The number of ether oxygens (including phenoxy) is 1. The molecule has 1 N–H and O–H groups in total. The molecule has 0 radical (unpaired) electrons. The topological polar surface area (TPSA) is 55.2 Å². The summed E-state index contributed by atoms with van der Waals surface area (Å²) >= 11 is 5.16. The number of H-pyrrole nitrogens is 1. The number of aromatic amines is 1. The van der Waals surface area contributed by atoms with Gasteiger partial charge in [-0.3, -0.25) is 0 Å². The van der Waals surface area contributed by atoms with E-state index in [1.165, 1.54) is 10.7 Å². The van der Waals surface area contributed by atoms with Crippen LogP contribution in [0.5, 0.6) is 5.75 Å². The van der Waals surface area contributed by atoms with Crippen LogP contribution in [0, 0.1) is 16.4 Å². The molecule has 1 heterocycles. The Morgan fingerprint density at radius 3 is 2.64 bits per heavy atom. The van der Waals surface area contributed by atoms with Gasteiger partial charge in [0.1, 0.15) is 17.4 Å². The predicted octanol–water partition coefficient (Wildman–Crippen LogP) is 4.17. The Bertz CT molecular complexity index is 961. The number of hydrogen-bond acceptors (Lipinski definition) is 4. The van der Waals surface area contributed by atoms with Crippen LogP contribution in [0.1, 0.15) is 12.5 Å². The Morgan fingerprint density at radius 1 is 1.20 bits per heavy atom. The summed E-state index contributed by atoms with van der Waals surface area (Å²) in [5.74, 6) is -0.445. The second kappa shape index (κ2) is 7.35. The number of hydrogen-bond donors (Lipinski definition) is 1. The van der Waals surface area contributed by atoms with Crippen LogP contribution >= 0.6 is 12.2 Å². The summed E-state index contributed by atoms with van der Waals surface area (Å²) in [6, 6.07) is 10.8. The van der Waals surface area contributed by atoms with Crippen LogP contribution < -0.4 is 4.74 Å². The van der Waals surface area contributed by atoms with Crippen LogP contribution in [-0.4, -0.2) is 27.7 Å². The average Bonchev–Trinajstić information content (AvgIpc) is 2.96. The largest absolute Gasteiger partial charge is 0.493 e. The average molecular weight is 360 g/mol. The SMILES string of the molecule is CCOc1ccccc1-c1n[nH]c(=S)n1/N=C\c1c(F)cccc1F. The molecule has 0 spiro atoms. The molecule has 8 heteroatoms. The van der Waals surface area contributed by atoms with Gasteiger partial charge in [-0.15, -0.1) is 0 Å². The van der Waals surface area contributed by atoms with E-state index in [4.69, 9.17) is 17.0 Å². The summed E-state index contributed by atoms with van der Waals surface area (Å²) in [6.07, 6.45) is 1.07. The van der Waals surface area contributed by atoms with E-state index in [1.807, 2.05) is 19.1 Å². The standard InChI is InChI=1S/C17H14F2N4OS/c1-2-24-15-9-4-3-6-11(15)16-21-22-17(25)23(16)20-10-12-13(18)7-5-8-14(12)19/h3-10H,2H2,1H3,(H,22,25)/b20-10-. The van der Waals surface area contributed by atoms with Crippen molar-refractivity contribution in [2.45, 2.75) is 6.92 Å². The van der Waals surface area contributed by atoms with Gasteiger partial charge in [-0.25, -0.2) is 13.9 Å². The summed E-state index contributed by atoms with van der Waals surface area (Å²) in [6.45, 7) is 2.35. The molecule has 2 aromatic carbocycles. The lowest BCUT2D eigenvalue weighted by atomic mass is 10.2. The molecule has 0 bridgehead atoms. The zero-order valence-corrected chi connectivity index (χ0v) is 14.1. The number of aromatic nitrogens is 3. The number of nitrogens with one attached hydrogen (secondary N) is 1. The lowest BCUT2D eigenvalue weighted by Gasteiger charge is -2.08. The van der Waals surface area contributed by atoms with Crippen molar-refractivity contribution in [3.63, 3.8) is 0 Å². The minimum absolute atomic E-state index is 0.189. The van der Waals surface area contributed by atoms with E-state index in [0.29, 0.717) is 23.7 Å². The molecule has 5 nitrogen and oxygen atoms in total. The van der Waals surface area contributed by atoms with Gasteiger partial charge in [0.25, 0.3) is 0 Å². The maximum absolute atomic E-state index is 13.8. The Morgan fingerprint density at radius 2 is 1.92 bits per heavy atom. The van der Waals surface area contributed by atoms with Crippen LogP contribution in [-0.2, 0) is 0 Å². The van der Waals surface area contributed by atoms with E-state index in [-0.39, 0.29) is 10.3 Å². The Kier molecular flexibility index (Phi) is 4.99. The van der Waals surface area contributed by atoms with Gasteiger partial charge in [-0.1, -0.05) is 18.2 Å². The van der Waals surface area contributed by atoms with Crippen molar-refractivity contribution in [3.05, 3.63) is 64.4 Å². The van der Waals surface area contributed by atoms with Gasteiger partial charge in [0.05, 0.1) is 23.9 Å². The first kappa shape index (κ1) is 17.0. The van der Waals surface area contributed by atoms with Crippen LogP contribution in [0.2, 0.25) is 0 Å². The first-order valence-corrected chi connectivity index (χ1v) is 7.90. The molecular formula is C17H14F2N4OS. The van der Waals surface area contributed by atoms with Crippen molar-refractivity contribution < 1.29 is 13.5 Å². The molecule has 3 rings (SSSR count). The van der Waals surface area contributed by atoms with Crippen LogP contribution in [0.4, 0.5) is 8.78 Å². The van der Waals surface area contributed by atoms with Crippen molar-refractivity contribution in [3.8, 4) is 17.1 Å². The molecule has 0 aliphatic carbocycles. The minimum atomic E-state index is -0.713. The highest BCUT2D eigenvalue weighted by Gasteiger charge is 2.14. The van der Waals surface area contributed by atoms with Crippen molar-refractivity contribution in [2.24, 2.45) is 5.10 Å². The molecule has 0 fully saturated rings. The Hall–Kier alpha value is -2.87. The van der Waals surface area contributed by atoms with Crippen molar-refractivity contribution in [1.82, 2.24) is 14.9 Å². The third-order valence-electron chi connectivity index (χ3n) is 3.38. The summed E-state index contributed by atoms with van der Waals surface area (Å²) < 4.78 is 34.6. The minimum Gasteiger partial charge on any atom is -0.493 e. The summed E-state index contributed by atoms with van der Waals surface area (Å²) in [5, 5.41) is 10.9.